The summed E-state index contributed by atoms with van der Waals surface area (Å²) in [6.45, 7) is 36.7. The van der Waals surface area contributed by atoms with Crippen molar-refractivity contribution in [2.45, 2.75) is 121 Å². The van der Waals surface area contributed by atoms with Crippen molar-refractivity contribution in [3.63, 3.8) is 0 Å². The Morgan fingerprint density at radius 2 is 1.59 bits per heavy atom. The maximum Gasteiger partial charge on any atom is -0.00134 e. The van der Waals surface area contributed by atoms with Crippen LogP contribution in [0.4, 0.5) is 0 Å². The van der Waals surface area contributed by atoms with Crippen molar-refractivity contribution in [3.05, 3.63) is 47.6 Å². The minimum atomic E-state index is 0.261. The Morgan fingerprint density at radius 1 is 0.973 bits per heavy atom. The van der Waals surface area contributed by atoms with E-state index in [1.165, 1.54) is 49.7 Å². The van der Waals surface area contributed by atoms with Gasteiger partial charge in [0.05, 0.1) is 0 Å². The molecule has 0 bridgehead atoms. The van der Waals surface area contributed by atoms with Crippen LogP contribution in [-0.2, 0) is 0 Å². The third-order valence-corrected chi connectivity index (χ3v) is 13.6. The highest BCUT2D eigenvalue weighted by Crippen LogP contribution is 2.74. The van der Waals surface area contributed by atoms with Gasteiger partial charge in [-0.3, -0.25) is 0 Å². The molecule has 2 fully saturated rings. The van der Waals surface area contributed by atoms with Crippen LogP contribution in [-0.4, -0.2) is 0 Å². The number of rotatable bonds is 7. The molecule has 0 radical (unpaired) electrons. The molecule has 9 atom stereocenters. The van der Waals surface area contributed by atoms with Crippen LogP contribution in [0.5, 0.6) is 0 Å². The van der Waals surface area contributed by atoms with Gasteiger partial charge in [0.1, 0.15) is 0 Å². The van der Waals surface area contributed by atoms with Crippen molar-refractivity contribution in [1.82, 2.24) is 0 Å². The first-order chi connectivity index (χ1) is 17.1. The molecule has 0 saturated heterocycles. The fraction of sp³-hybridized carbons (Fsp3) is 0.784. The standard InChI is InChI=1S/C37H60/c1-14-28-21-26(7)32-30-17-19-36(12)33(29(24(4)5)16-15-25(6)23(2)3)27(8)22-37(36,13)31(30)18-20-35(32,11)34(28,9)10/h17-18,23,26-29,32-33H,4,6,14-16,19-22H2,1-3,5,7-13H3/t26-,27-,28+,29?,32?,33-,35-,36-,37+/m1/s1. The summed E-state index contributed by atoms with van der Waals surface area (Å²) in [4.78, 5) is 0. The highest BCUT2D eigenvalue weighted by Gasteiger charge is 2.65. The molecule has 4 rings (SSSR count). The molecular formula is C37H60. The van der Waals surface area contributed by atoms with E-state index in [0.717, 1.165) is 24.2 Å². The monoisotopic (exact) mass is 504 g/mol. The maximum absolute atomic E-state index is 4.57. The second-order valence-corrected chi connectivity index (χ2v) is 15.9. The minimum Gasteiger partial charge on any atom is -0.0998 e. The number of fused-ring (bicyclic) bond motifs is 5. The van der Waals surface area contributed by atoms with Gasteiger partial charge in [-0.2, -0.15) is 0 Å². The minimum absolute atomic E-state index is 0.261. The van der Waals surface area contributed by atoms with E-state index in [0.29, 0.717) is 34.5 Å². The Balaban J connectivity index is 1.74. The Labute approximate surface area is 231 Å². The van der Waals surface area contributed by atoms with Crippen LogP contribution in [0.15, 0.2) is 47.6 Å². The quantitative estimate of drug-likeness (QED) is 0.302. The molecule has 0 aromatic heterocycles. The van der Waals surface area contributed by atoms with Gasteiger partial charge in [-0.25, -0.2) is 0 Å². The van der Waals surface area contributed by atoms with Crippen LogP contribution in [0, 0.1) is 63.1 Å². The summed E-state index contributed by atoms with van der Waals surface area (Å²) in [5.74, 6) is 4.86. The van der Waals surface area contributed by atoms with E-state index in [4.69, 9.17) is 0 Å². The molecule has 0 heterocycles. The van der Waals surface area contributed by atoms with Gasteiger partial charge in [0, 0.05) is 0 Å². The van der Waals surface area contributed by atoms with Gasteiger partial charge in [-0.1, -0.05) is 112 Å². The molecule has 0 aromatic carbocycles. The van der Waals surface area contributed by atoms with E-state index in [9.17, 15) is 0 Å². The summed E-state index contributed by atoms with van der Waals surface area (Å²) in [6.07, 6.45) is 14.4. The largest absolute Gasteiger partial charge is 0.0998 e. The van der Waals surface area contributed by atoms with Crippen LogP contribution in [0.2, 0.25) is 0 Å². The topological polar surface area (TPSA) is 0 Å². The Kier molecular flexibility index (Phi) is 7.48. The molecule has 37 heavy (non-hydrogen) atoms. The van der Waals surface area contributed by atoms with Crippen LogP contribution < -0.4 is 0 Å². The highest BCUT2D eigenvalue weighted by molar-refractivity contribution is 5.49. The molecule has 0 amide bonds. The summed E-state index contributed by atoms with van der Waals surface area (Å²) in [5, 5.41) is 0. The molecule has 0 aromatic rings. The van der Waals surface area contributed by atoms with Crippen molar-refractivity contribution in [2.24, 2.45) is 63.1 Å². The van der Waals surface area contributed by atoms with E-state index in [1.807, 2.05) is 0 Å². The Bertz CT molecular complexity index is 986. The van der Waals surface area contributed by atoms with E-state index in [1.54, 1.807) is 11.1 Å². The average molecular weight is 505 g/mol. The van der Waals surface area contributed by atoms with E-state index >= 15 is 0 Å². The molecular weight excluding hydrogens is 444 g/mol. The van der Waals surface area contributed by atoms with Gasteiger partial charge in [0.15, 0.2) is 0 Å². The molecule has 2 saturated carbocycles. The number of hydrogen-bond donors (Lipinski definition) is 0. The first kappa shape index (κ1) is 29.0. The summed E-state index contributed by atoms with van der Waals surface area (Å²) in [6, 6.07) is 0. The van der Waals surface area contributed by atoms with E-state index in [2.05, 4.69) is 101 Å². The van der Waals surface area contributed by atoms with Gasteiger partial charge in [0.25, 0.3) is 0 Å². The lowest BCUT2D eigenvalue weighted by Crippen LogP contribution is -2.56. The molecule has 0 N–H and O–H groups in total. The second kappa shape index (κ2) is 9.55. The fourth-order valence-electron chi connectivity index (χ4n) is 10.8. The lowest BCUT2D eigenvalue weighted by atomic mass is 9.40. The van der Waals surface area contributed by atoms with Gasteiger partial charge in [-0.05, 0) is 120 Å². The third-order valence-electron chi connectivity index (χ3n) is 13.6. The molecule has 0 heteroatoms. The molecule has 0 aliphatic heterocycles. The highest BCUT2D eigenvalue weighted by atomic mass is 14.7. The molecule has 4 aliphatic rings. The zero-order valence-corrected chi connectivity index (χ0v) is 26.6. The Hall–Kier alpha value is -1.04. The summed E-state index contributed by atoms with van der Waals surface area (Å²) < 4.78 is 0. The fourth-order valence-corrected chi connectivity index (χ4v) is 10.8. The third kappa shape index (κ3) is 4.04. The predicted octanol–water partition coefficient (Wildman–Crippen LogP) is 11.2. The van der Waals surface area contributed by atoms with Gasteiger partial charge in [-0.15, -0.1) is 0 Å². The van der Waals surface area contributed by atoms with Crippen LogP contribution in [0.25, 0.3) is 0 Å². The van der Waals surface area contributed by atoms with Crippen molar-refractivity contribution >= 4 is 0 Å². The zero-order valence-electron chi connectivity index (χ0n) is 26.6. The second-order valence-electron chi connectivity index (χ2n) is 15.9. The molecule has 208 valence electrons. The lowest BCUT2D eigenvalue weighted by Gasteiger charge is -2.64. The maximum atomic E-state index is 4.57. The first-order valence-electron chi connectivity index (χ1n) is 15.8. The van der Waals surface area contributed by atoms with Crippen molar-refractivity contribution in [1.29, 1.82) is 0 Å². The molecule has 0 nitrogen and oxygen atoms in total. The van der Waals surface area contributed by atoms with Crippen molar-refractivity contribution in [3.8, 4) is 0 Å². The van der Waals surface area contributed by atoms with E-state index < -0.39 is 0 Å². The van der Waals surface area contributed by atoms with Gasteiger partial charge < -0.3 is 0 Å². The lowest BCUT2D eigenvalue weighted by molar-refractivity contribution is -0.0906. The van der Waals surface area contributed by atoms with Crippen molar-refractivity contribution < 1.29 is 0 Å². The summed E-state index contributed by atoms with van der Waals surface area (Å²) in [7, 11) is 0. The van der Waals surface area contributed by atoms with Gasteiger partial charge in [0.2, 0.25) is 0 Å². The van der Waals surface area contributed by atoms with Crippen LogP contribution in [0.1, 0.15) is 121 Å². The smallest absolute Gasteiger partial charge is 0.00134 e. The van der Waals surface area contributed by atoms with Crippen LogP contribution in [0.3, 0.4) is 0 Å². The first-order valence-corrected chi connectivity index (χ1v) is 15.8. The summed E-state index contributed by atoms with van der Waals surface area (Å²) >= 11 is 0. The summed E-state index contributed by atoms with van der Waals surface area (Å²) in [5.41, 5.74) is 7.59. The normalized spacial score (nSPS) is 43.3. The zero-order chi connectivity index (χ0) is 27.7. The number of hydrogen-bond acceptors (Lipinski definition) is 0. The Morgan fingerprint density at radius 3 is 2.16 bits per heavy atom. The predicted molar refractivity (Wildman–Crippen MR) is 163 cm³/mol. The number of allylic oxidation sites excluding steroid dienone is 6. The molecule has 4 aliphatic carbocycles. The van der Waals surface area contributed by atoms with Gasteiger partial charge >= 0.3 is 0 Å². The molecule has 0 spiro atoms. The van der Waals surface area contributed by atoms with Crippen molar-refractivity contribution in [2.75, 3.05) is 0 Å². The SMILES string of the molecule is C=C(CCC(C(=C)C)[C@H]1[C@H](C)C[C@@]2(C)C3=CC[C@]4(C)C(C3=CC[C@]12C)[C@H](C)C[C@H](CC)C4(C)C)C(C)C. The van der Waals surface area contributed by atoms with E-state index in [-0.39, 0.29) is 10.8 Å². The molecule has 2 unspecified atom stereocenters. The van der Waals surface area contributed by atoms with Crippen LogP contribution >= 0.6 is 0 Å². The average Bonchev–Trinajstić information content (AvgIpc) is 3.01.